The summed E-state index contributed by atoms with van der Waals surface area (Å²) in [4.78, 5) is 30.9. The Kier molecular flexibility index (Phi) is 4.62. The number of nitrogens with one attached hydrogen (secondary N) is 1. The van der Waals surface area contributed by atoms with Crippen molar-refractivity contribution >= 4 is 5.82 Å². The molecule has 1 aliphatic rings. The van der Waals surface area contributed by atoms with E-state index in [9.17, 15) is 9.59 Å². The largest absolute Gasteiger partial charge is 0.357 e. The molecule has 23 heavy (non-hydrogen) atoms. The van der Waals surface area contributed by atoms with Crippen molar-refractivity contribution < 1.29 is 0 Å². The van der Waals surface area contributed by atoms with Crippen molar-refractivity contribution in [2.45, 2.75) is 13.0 Å². The Morgan fingerprint density at radius 2 is 1.83 bits per heavy atom. The zero-order valence-corrected chi connectivity index (χ0v) is 13.4. The summed E-state index contributed by atoms with van der Waals surface area (Å²) in [6.07, 6.45) is 1.00. The third-order valence-electron chi connectivity index (χ3n) is 4.31. The normalized spacial score (nSPS) is 16.3. The van der Waals surface area contributed by atoms with Crippen LogP contribution in [0.2, 0.25) is 0 Å². The van der Waals surface area contributed by atoms with Crippen LogP contribution in [-0.4, -0.2) is 40.6 Å². The number of rotatable bonds is 3. The molecule has 1 saturated heterocycles. The fourth-order valence-electron chi connectivity index (χ4n) is 2.93. The van der Waals surface area contributed by atoms with Crippen LogP contribution in [0.4, 0.5) is 5.82 Å². The van der Waals surface area contributed by atoms with Crippen LogP contribution in [0, 0.1) is 0 Å². The van der Waals surface area contributed by atoms with Gasteiger partial charge in [0.25, 0.3) is 5.56 Å². The van der Waals surface area contributed by atoms with E-state index in [0.29, 0.717) is 5.82 Å². The highest BCUT2D eigenvalue weighted by atomic mass is 16.2. The Bertz CT molecular complexity index is 735. The van der Waals surface area contributed by atoms with Crippen molar-refractivity contribution in [1.29, 1.82) is 0 Å². The number of hydrogen-bond donors (Lipinski definition) is 1. The van der Waals surface area contributed by atoms with Crippen LogP contribution in [0.5, 0.6) is 0 Å². The second-order valence-electron chi connectivity index (χ2n) is 5.96. The minimum absolute atomic E-state index is 0.269. The topological polar surface area (TPSA) is 61.3 Å². The molecule has 6 nitrogen and oxygen atoms in total. The fourth-order valence-corrected chi connectivity index (χ4v) is 2.93. The summed E-state index contributed by atoms with van der Waals surface area (Å²) in [5, 5.41) is 0. The van der Waals surface area contributed by atoms with Crippen molar-refractivity contribution in [3.05, 3.63) is 62.8 Å². The SMILES string of the molecule is Cn1c(=O)cc(N2CCCN(Cc3ccccc3)CC2)[nH]c1=O. The molecule has 0 aliphatic carbocycles. The third-order valence-corrected chi connectivity index (χ3v) is 4.31. The van der Waals surface area contributed by atoms with Crippen molar-refractivity contribution in [1.82, 2.24) is 14.5 Å². The smallest absolute Gasteiger partial charge is 0.329 e. The summed E-state index contributed by atoms with van der Waals surface area (Å²) in [5.41, 5.74) is 0.676. The molecular formula is C17H22N4O2. The lowest BCUT2D eigenvalue weighted by Gasteiger charge is -2.23. The highest BCUT2D eigenvalue weighted by Crippen LogP contribution is 2.12. The van der Waals surface area contributed by atoms with Gasteiger partial charge in [-0.1, -0.05) is 30.3 Å². The van der Waals surface area contributed by atoms with Gasteiger partial charge in [0.05, 0.1) is 0 Å². The van der Waals surface area contributed by atoms with Gasteiger partial charge in [-0.3, -0.25) is 19.2 Å². The predicted octanol–water partition coefficient (Wildman–Crippen LogP) is 0.786. The number of nitrogens with zero attached hydrogens (tertiary/aromatic N) is 3. The van der Waals surface area contributed by atoms with Crippen molar-refractivity contribution in [3.63, 3.8) is 0 Å². The Hall–Kier alpha value is -2.34. The van der Waals surface area contributed by atoms with Crippen LogP contribution in [0.1, 0.15) is 12.0 Å². The summed E-state index contributed by atoms with van der Waals surface area (Å²) in [7, 11) is 1.48. The Balaban J connectivity index is 1.69. The summed E-state index contributed by atoms with van der Waals surface area (Å²) < 4.78 is 1.09. The first-order valence-corrected chi connectivity index (χ1v) is 7.95. The minimum atomic E-state index is -0.363. The molecule has 0 radical (unpaired) electrons. The van der Waals surface area contributed by atoms with Gasteiger partial charge in [0.15, 0.2) is 0 Å². The first-order chi connectivity index (χ1) is 11.1. The lowest BCUT2D eigenvalue weighted by Crippen LogP contribution is -2.37. The Morgan fingerprint density at radius 1 is 1.04 bits per heavy atom. The molecule has 122 valence electrons. The maximum atomic E-state index is 11.8. The molecule has 2 aromatic rings. The van der Waals surface area contributed by atoms with E-state index < -0.39 is 0 Å². The highest BCUT2D eigenvalue weighted by molar-refractivity contribution is 5.36. The predicted molar refractivity (Wildman–Crippen MR) is 90.9 cm³/mol. The van der Waals surface area contributed by atoms with Crippen LogP contribution in [0.3, 0.4) is 0 Å². The molecule has 2 heterocycles. The summed E-state index contributed by atoms with van der Waals surface area (Å²) in [5.74, 6) is 0.625. The molecule has 0 unspecified atom stereocenters. The van der Waals surface area contributed by atoms with Gasteiger partial charge < -0.3 is 4.90 Å². The van der Waals surface area contributed by atoms with Crippen molar-refractivity contribution in [2.24, 2.45) is 7.05 Å². The average molecular weight is 314 g/mol. The molecule has 0 atom stereocenters. The van der Waals surface area contributed by atoms with Crippen LogP contribution < -0.4 is 16.1 Å². The molecule has 6 heteroatoms. The summed E-state index contributed by atoms with van der Waals surface area (Å²) in [6.45, 7) is 4.50. The lowest BCUT2D eigenvalue weighted by molar-refractivity contribution is 0.285. The zero-order chi connectivity index (χ0) is 16.2. The average Bonchev–Trinajstić information content (AvgIpc) is 2.79. The van der Waals surface area contributed by atoms with E-state index in [4.69, 9.17) is 0 Å². The number of hydrogen-bond acceptors (Lipinski definition) is 4. The molecule has 1 aromatic carbocycles. The maximum absolute atomic E-state index is 11.8. The standard InChI is InChI=1S/C17H22N4O2/c1-19-16(22)12-15(18-17(19)23)21-9-5-8-20(10-11-21)13-14-6-3-2-4-7-14/h2-4,6-7,12H,5,8-11,13H2,1H3,(H,18,23). The van der Waals surface area contributed by atoms with E-state index in [1.807, 2.05) is 6.07 Å². The van der Waals surface area contributed by atoms with Crippen molar-refractivity contribution in [2.75, 3.05) is 31.1 Å². The Morgan fingerprint density at radius 3 is 2.57 bits per heavy atom. The van der Waals surface area contributed by atoms with Gasteiger partial charge in [-0.05, 0) is 12.0 Å². The lowest BCUT2D eigenvalue weighted by atomic mass is 10.2. The molecule has 0 bridgehead atoms. The minimum Gasteiger partial charge on any atom is -0.357 e. The molecule has 3 rings (SSSR count). The van der Waals surface area contributed by atoms with E-state index in [1.165, 1.54) is 18.7 Å². The van der Waals surface area contributed by atoms with Crippen LogP contribution in [0.15, 0.2) is 46.0 Å². The molecular weight excluding hydrogens is 292 g/mol. The second kappa shape index (κ2) is 6.83. The molecule has 0 saturated carbocycles. The van der Waals surface area contributed by atoms with E-state index in [-0.39, 0.29) is 11.2 Å². The quantitative estimate of drug-likeness (QED) is 0.910. The highest BCUT2D eigenvalue weighted by Gasteiger charge is 2.16. The first kappa shape index (κ1) is 15.6. The van der Waals surface area contributed by atoms with Crippen LogP contribution >= 0.6 is 0 Å². The zero-order valence-electron chi connectivity index (χ0n) is 13.4. The van der Waals surface area contributed by atoms with E-state index in [0.717, 1.165) is 43.7 Å². The fraction of sp³-hybridized carbons (Fsp3) is 0.412. The molecule has 1 aromatic heterocycles. The third kappa shape index (κ3) is 3.71. The van der Waals surface area contributed by atoms with Crippen molar-refractivity contribution in [3.8, 4) is 0 Å². The number of aromatic amines is 1. The first-order valence-electron chi connectivity index (χ1n) is 7.95. The van der Waals surface area contributed by atoms with E-state index >= 15 is 0 Å². The van der Waals surface area contributed by atoms with Gasteiger partial charge in [0.1, 0.15) is 5.82 Å². The van der Waals surface area contributed by atoms with Gasteiger partial charge in [-0.2, -0.15) is 0 Å². The summed E-state index contributed by atoms with van der Waals surface area (Å²) >= 11 is 0. The number of aromatic nitrogens is 2. The van der Waals surface area contributed by atoms with Crippen LogP contribution in [0.25, 0.3) is 0 Å². The maximum Gasteiger partial charge on any atom is 0.329 e. The van der Waals surface area contributed by atoms with E-state index in [2.05, 4.69) is 39.0 Å². The van der Waals surface area contributed by atoms with Gasteiger partial charge in [0.2, 0.25) is 0 Å². The number of anilines is 1. The number of H-pyrrole nitrogens is 1. The molecule has 1 N–H and O–H groups in total. The van der Waals surface area contributed by atoms with Gasteiger partial charge in [-0.25, -0.2) is 4.79 Å². The Labute approximate surface area is 135 Å². The second-order valence-corrected chi connectivity index (χ2v) is 5.96. The monoisotopic (exact) mass is 314 g/mol. The van der Waals surface area contributed by atoms with E-state index in [1.54, 1.807) is 0 Å². The van der Waals surface area contributed by atoms with Gasteiger partial charge in [-0.15, -0.1) is 0 Å². The van der Waals surface area contributed by atoms with Gasteiger partial charge >= 0.3 is 5.69 Å². The number of benzene rings is 1. The molecule has 0 amide bonds. The molecule has 0 spiro atoms. The molecule has 1 aliphatic heterocycles. The van der Waals surface area contributed by atoms with Crippen LogP contribution in [-0.2, 0) is 13.6 Å². The molecule has 1 fully saturated rings. The van der Waals surface area contributed by atoms with Gasteiger partial charge in [0, 0.05) is 45.8 Å². The summed E-state index contributed by atoms with van der Waals surface area (Å²) in [6, 6.07) is 11.9.